The Morgan fingerprint density at radius 3 is 2.62 bits per heavy atom. The number of amides is 1. The van der Waals surface area contributed by atoms with Crippen molar-refractivity contribution < 1.29 is 4.79 Å². The van der Waals surface area contributed by atoms with Gasteiger partial charge < -0.3 is 9.88 Å². The number of rotatable bonds is 8. The molecule has 1 amide bonds. The molecule has 3 rings (SSSR count). The molecule has 0 aliphatic carbocycles. The third kappa shape index (κ3) is 4.86. The van der Waals surface area contributed by atoms with Crippen molar-refractivity contribution in [3.05, 3.63) is 54.9 Å². The average Bonchev–Trinajstić information content (AvgIpc) is 3.09. The van der Waals surface area contributed by atoms with Crippen LogP contribution < -0.4 is 5.32 Å². The molecule has 6 nitrogen and oxygen atoms in total. The van der Waals surface area contributed by atoms with Crippen LogP contribution in [0.15, 0.2) is 60.0 Å². The van der Waals surface area contributed by atoms with E-state index in [1.807, 2.05) is 42.5 Å². The molecule has 0 atom stereocenters. The molecule has 3 aromatic rings. The van der Waals surface area contributed by atoms with E-state index in [1.165, 1.54) is 11.8 Å². The number of nitrogens with one attached hydrogen (secondary N) is 1. The summed E-state index contributed by atoms with van der Waals surface area (Å²) in [6, 6.07) is 13.3. The Labute approximate surface area is 160 Å². The summed E-state index contributed by atoms with van der Waals surface area (Å²) in [6.07, 6.45) is 5.54. The highest BCUT2D eigenvalue weighted by molar-refractivity contribution is 7.99. The molecule has 0 saturated carbocycles. The first-order valence-electron chi connectivity index (χ1n) is 8.08. The zero-order chi connectivity index (χ0) is 18.2. The lowest BCUT2D eigenvalue weighted by molar-refractivity contribution is -0.113. The number of para-hydroxylation sites is 1. The van der Waals surface area contributed by atoms with Crippen LogP contribution in [0.5, 0.6) is 0 Å². The van der Waals surface area contributed by atoms with E-state index < -0.39 is 0 Å². The van der Waals surface area contributed by atoms with Crippen LogP contribution >= 0.6 is 23.5 Å². The van der Waals surface area contributed by atoms with Crippen molar-refractivity contribution >= 4 is 35.1 Å². The number of aromatic nitrogens is 4. The number of thioether (sulfide) groups is 2. The van der Waals surface area contributed by atoms with Crippen molar-refractivity contribution in [2.75, 3.05) is 23.1 Å². The number of hydrogen-bond acceptors (Lipinski definition) is 6. The highest BCUT2D eigenvalue weighted by atomic mass is 32.2. The highest BCUT2D eigenvalue weighted by Gasteiger charge is 2.15. The number of benzene rings is 1. The summed E-state index contributed by atoms with van der Waals surface area (Å²) in [7, 11) is 0. The zero-order valence-corrected chi connectivity index (χ0v) is 16.0. The van der Waals surface area contributed by atoms with Crippen LogP contribution in [0.25, 0.3) is 11.4 Å². The van der Waals surface area contributed by atoms with E-state index in [4.69, 9.17) is 0 Å². The normalized spacial score (nSPS) is 10.7. The van der Waals surface area contributed by atoms with Crippen molar-refractivity contribution in [2.24, 2.45) is 0 Å². The van der Waals surface area contributed by atoms with Gasteiger partial charge in [-0.2, -0.15) is 11.8 Å². The van der Waals surface area contributed by atoms with Crippen molar-refractivity contribution in [3.8, 4) is 11.4 Å². The Hall–Kier alpha value is -2.32. The maximum atomic E-state index is 12.2. The van der Waals surface area contributed by atoms with Gasteiger partial charge in [-0.05, 0) is 30.5 Å². The summed E-state index contributed by atoms with van der Waals surface area (Å²) < 4.78 is 2.06. The van der Waals surface area contributed by atoms with Crippen LogP contribution in [0, 0.1) is 0 Å². The van der Waals surface area contributed by atoms with Crippen molar-refractivity contribution in [1.29, 1.82) is 0 Å². The van der Waals surface area contributed by atoms with Gasteiger partial charge in [-0.15, -0.1) is 10.2 Å². The Kier molecular flexibility index (Phi) is 6.68. The second-order valence-electron chi connectivity index (χ2n) is 5.39. The van der Waals surface area contributed by atoms with E-state index in [-0.39, 0.29) is 11.7 Å². The third-order valence-electron chi connectivity index (χ3n) is 3.56. The minimum Gasteiger partial charge on any atom is -0.325 e. The first kappa shape index (κ1) is 18.5. The minimum absolute atomic E-state index is 0.0638. The molecule has 0 unspecified atom stereocenters. The predicted octanol–water partition coefficient (Wildman–Crippen LogP) is 3.43. The van der Waals surface area contributed by atoms with Crippen LogP contribution in [0.4, 0.5) is 5.69 Å². The summed E-state index contributed by atoms with van der Waals surface area (Å²) in [5.41, 5.74) is 1.76. The van der Waals surface area contributed by atoms with Gasteiger partial charge in [0.1, 0.15) is 0 Å². The summed E-state index contributed by atoms with van der Waals surface area (Å²) >= 11 is 3.15. The lowest BCUT2D eigenvalue weighted by Gasteiger charge is -2.09. The van der Waals surface area contributed by atoms with Gasteiger partial charge in [0.15, 0.2) is 11.0 Å². The second kappa shape index (κ2) is 9.40. The van der Waals surface area contributed by atoms with Crippen LogP contribution in [-0.2, 0) is 11.3 Å². The molecule has 0 bridgehead atoms. The molecule has 0 saturated heterocycles. The van der Waals surface area contributed by atoms with Crippen molar-refractivity contribution in [2.45, 2.75) is 11.7 Å². The van der Waals surface area contributed by atoms with Gasteiger partial charge >= 0.3 is 0 Å². The summed E-state index contributed by atoms with van der Waals surface area (Å²) in [4.78, 5) is 16.2. The highest BCUT2D eigenvalue weighted by Crippen LogP contribution is 2.24. The molecule has 26 heavy (non-hydrogen) atoms. The number of hydrogen-bond donors (Lipinski definition) is 1. The maximum Gasteiger partial charge on any atom is 0.234 e. The average molecular weight is 386 g/mol. The molecular weight excluding hydrogens is 366 g/mol. The van der Waals surface area contributed by atoms with E-state index in [9.17, 15) is 4.79 Å². The van der Waals surface area contributed by atoms with Gasteiger partial charge in [0.05, 0.1) is 5.75 Å². The molecule has 0 aliphatic heterocycles. The third-order valence-corrected chi connectivity index (χ3v) is 5.12. The quantitative estimate of drug-likeness (QED) is 0.599. The molecule has 0 radical (unpaired) electrons. The predicted molar refractivity (Wildman–Crippen MR) is 107 cm³/mol. The van der Waals surface area contributed by atoms with Crippen LogP contribution in [-0.4, -0.2) is 43.4 Å². The van der Waals surface area contributed by atoms with Gasteiger partial charge in [0, 0.05) is 35.9 Å². The van der Waals surface area contributed by atoms with E-state index in [2.05, 4.69) is 31.3 Å². The van der Waals surface area contributed by atoms with E-state index in [0.29, 0.717) is 0 Å². The molecule has 1 N–H and O–H groups in total. The summed E-state index contributed by atoms with van der Waals surface area (Å²) in [5.74, 6) is 1.96. The van der Waals surface area contributed by atoms with Gasteiger partial charge in [0.25, 0.3) is 0 Å². The monoisotopic (exact) mass is 385 g/mol. The van der Waals surface area contributed by atoms with Crippen molar-refractivity contribution in [3.63, 3.8) is 0 Å². The standard InChI is InChI=1S/C18H19N5OS2/c1-25-12-11-23-17(14-7-9-19-10-8-14)21-22-18(23)26-13-16(24)20-15-5-3-2-4-6-15/h2-10H,11-13H2,1H3,(H,20,24). The van der Waals surface area contributed by atoms with E-state index >= 15 is 0 Å². The fraction of sp³-hybridized carbons (Fsp3) is 0.222. The van der Waals surface area contributed by atoms with E-state index in [0.717, 1.165) is 34.5 Å². The van der Waals surface area contributed by atoms with Gasteiger partial charge in [-0.1, -0.05) is 30.0 Å². The van der Waals surface area contributed by atoms with Crippen molar-refractivity contribution in [1.82, 2.24) is 19.7 Å². The molecule has 2 aromatic heterocycles. The number of nitrogens with zero attached hydrogens (tertiary/aromatic N) is 4. The number of carbonyl (C=O) groups is 1. The molecule has 2 heterocycles. The largest absolute Gasteiger partial charge is 0.325 e. The fourth-order valence-corrected chi connectivity index (χ4v) is 3.47. The SMILES string of the molecule is CSCCn1c(SCC(=O)Nc2ccccc2)nnc1-c1ccncc1. The van der Waals surface area contributed by atoms with Gasteiger partial charge in [-0.25, -0.2) is 0 Å². The Balaban J connectivity index is 1.71. The van der Waals surface area contributed by atoms with Crippen LogP contribution in [0.3, 0.4) is 0 Å². The number of pyridine rings is 1. The molecule has 8 heteroatoms. The minimum atomic E-state index is -0.0638. The Morgan fingerprint density at radius 1 is 1.12 bits per heavy atom. The Bertz CT molecular complexity index is 839. The number of anilines is 1. The maximum absolute atomic E-state index is 12.2. The second-order valence-corrected chi connectivity index (χ2v) is 7.32. The summed E-state index contributed by atoms with van der Waals surface area (Å²) in [6.45, 7) is 0.786. The van der Waals surface area contributed by atoms with Crippen LogP contribution in [0.1, 0.15) is 0 Å². The lowest BCUT2D eigenvalue weighted by Crippen LogP contribution is -2.14. The lowest BCUT2D eigenvalue weighted by atomic mass is 10.2. The smallest absolute Gasteiger partial charge is 0.234 e. The van der Waals surface area contributed by atoms with Gasteiger partial charge in [0.2, 0.25) is 5.91 Å². The molecule has 0 aliphatic rings. The van der Waals surface area contributed by atoms with Crippen LogP contribution in [0.2, 0.25) is 0 Å². The number of carbonyl (C=O) groups excluding carboxylic acids is 1. The Morgan fingerprint density at radius 2 is 1.88 bits per heavy atom. The zero-order valence-electron chi connectivity index (χ0n) is 14.3. The molecule has 0 fully saturated rings. The molecule has 134 valence electrons. The fourth-order valence-electron chi connectivity index (χ4n) is 2.34. The first-order valence-corrected chi connectivity index (χ1v) is 10.5. The van der Waals surface area contributed by atoms with E-state index in [1.54, 1.807) is 24.2 Å². The molecule has 0 spiro atoms. The topological polar surface area (TPSA) is 72.7 Å². The molecule has 1 aromatic carbocycles. The summed E-state index contributed by atoms with van der Waals surface area (Å²) in [5, 5.41) is 12.2. The first-order chi connectivity index (χ1) is 12.8. The van der Waals surface area contributed by atoms with Gasteiger partial charge in [-0.3, -0.25) is 9.78 Å². The molecular formula is C18H19N5OS2.